The predicted molar refractivity (Wildman–Crippen MR) is 121 cm³/mol. The van der Waals surface area contributed by atoms with Crippen molar-refractivity contribution in [3.63, 3.8) is 0 Å². The minimum absolute atomic E-state index is 0.0311. The highest BCUT2D eigenvalue weighted by Crippen LogP contribution is 2.27. The van der Waals surface area contributed by atoms with E-state index in [0.29, 0.717) is 19.6 Å². The van der Waals surface area contributed by atoms with Gasteiger partial charge in [0.05, 0.1) is 5.52 Å². The van der Waals surface area contributed by atoms with Crippen molar-refractivity contribution in [3.05, 3.63) is 45.2 Å². The molecule has 1 aliphatic carbocycles. The standard InChI is InChI=1S/C24H34N4O2/c1-18(29)26-9-8-25-17-22-15-21-14-19-6-5-7-20(19)16-23(21)28(24(22)30)13-12-27-10-3-2-4-11-27/h14-16,25H,2-13,17H2,1H3,(H,26,29). The van der Waals surface area contributed by atoms with Crippen molar-refractivity contribution >= 4 is 16.8 Å². The van der Waals surface area contributed by atoms with E-state index in [4.69, 9.17) is 0 Å². The molecule has 162 valence electrons. The number of carbonyl (C=O) groups is 1. The quantitative estimate of drug-likeness (QED) is 0.655. The third-order valence-electron chi connectivity index (χ3n) is 6.46. The number of hydrogen-bond acceptors (Lipinski definition) is 4. The molecule has 0 radical (unpaired) electrons. The van der Waals surface area contributed by atoms with Crippen molar-refractivity contribution in [1.82, 2.24) is 20.1 Å². The zero-order chi connectivity index (χ0) is 20.9. The molecule has 2 N–H and O–H groups in total. The van der Waals surface area contributed by atoms with Crippen LogP contribution < -0.4 is 16.2 Å². The Bertz CT molecular complexity index is 960. The third kappa shape index (κ3) is 4.93. The zero-order valence-corrected chi connectivity index (χ0v) is 18.1. The number of fused-ring (bicyclic) bond motifs is 2. The number of carbonyl (C=O) groups excluding carboxylic acids is 1. The molecule has 30 heavy (non-hydrogen) atoms. The highest BCUT2D eigenvalue weighted by Gasteiger charge is 2.17. The molecule has 1 aromatic carbocycles. The number of amides is 1. The minimum Gasteiger partial charge on any atom is -0.355 e. The average molecular weight is 411 g/mol. The van der Waals surface area contributed by atoms with Crippen LogP contribution in [0.25, 0.3) is 10.9 Å². The van der Waals surface area contributed by atoms with Gasteiger partial charge in [-0.25, -0.2) is 0 Å². The molecule has 0 bridgehead atoms. The number of piperidine rings is 1. The van der Waals surface area contributed by atoms with E-state index in [-0.39, 0.29) is 11.5 Å². The molecule has 2 aliphatic rings. The first kappa shape index (κ1) is 21.1. The van der Waals surface area contributed by atoms with E-state index in [1.54, 1.807) is 0 Å². The summed E-state index contributed by atoms with van der Waals surface area (Å²) in [4.78, 5) is 26.9. The maximum Gasteiger partial charge on any atom is 0.255 e. The summed E-state index contributed by atoms with van der Waals surface area (Å²) in [5.74, 6) is -0.0311. The molecule has 0 atom stereocenters. The fraction of sp³-hybridized carbons (Fsp3) is 0.583. The first-order chi connectivity index (χ1) is 14.6. The minimum atomic E-state index is -0.0311. The van der Waals surface area contributed by atoms with E-state index < -0.39 is 0 Å². The highest BCUT2D eigenvalue weighted by molar-refractivity contribution is 5.82. The van der Waals surface area contributed by atoms with Crippen molar-refractivity contribution in [1.29, 1.82) is 0 Å². The van der Waals surface area contributed by atoms with Crippen LogP contribution in [0.5, 0.6) is 0 Å². The van der Waals surface area contributed by atoms with Gasteiger partial charge in [0.1, 0.15) is 0 Å². The van der Waals surface area contributed by atoms with Crippen LogP contribution >= 0.6 is 0 Å². The molecule has 0 saturated carbocycles. The molecule has 1 amide bonds. The highest BCUT2D eigenvalue weighted by atomic mass is 16.1. The Kier molecular flexibility index (Phi) is 6.85. The molecule has 1 aromatic heterocycles. The van der Waals surface area contributed by atoms with Gasteiger partial charge in [-0.3, -0.25) is 9.59 Å². The lowest BCUT2D eigenvalue weighted by atomic mass is 10.0. The van der Waals surface area contributed by atoms with Gasteiger partial charge < -0.3 is 20.1 Å². The molecule has 2 aromatic rings. The van der Waals surface area contributed by atoms with E-state index in [2.05, 4.69) is 33.7 Å². The Morgan fingerprint density at radius 2 is 1.73 bits per heavy atom. The van der Waals surface area contributed by atoms with Crippen LogP contribution in [0.4, 0.5) is 0 Å². The Morgan fingerprint density at radius 3 is 2.50 bits per heavy atom. The average Bonchev–Trinajstić information content (AvgIpc) is 3.20. The number of nitrogens with zero attached hydrogens (tertiary/aromatic N) is 2. The van der Waals surface area contributed by atoms with Gasteiger partial charge in [0.15, 0.2) is 0 Å². The Hall–Kier alpha value is -2.18. The molecular formula is C24H34N4O2. The zero-order valence-electron chi connectivity index (χ0n) is 18.1. The summed E-state index contributed by atoms with van der Waals surface area (Å²) in [5.41, 5.74) is 4.86. The molecule has 4 rings (SSSR count). The Balaban J connectivity index is 1.57. The summed E-state index contributed by atoms with van der Waals surface area (Å²) in [7, 11) is 0. The summed E-state index contributed by atoms with van der Waals surface area (Å²) in [6.45, 7) is 7.23. The molecule has 1 fully saturated rings. The van der Waals surface area contributed by atoms with Crippen LogP contribution in [0.1, 0.15) is 49.3 Å². The Morgan fingerprint density at radius 1 is 0.967 bits per heavy atom. The molecule has 0 spiro atoms. The van der Waals surface area contributed by atoms with Crippen LogP contribution in [-0.4, -0.2) is 48.1 Å². The Labute approximate surface area is 178 Å². The molecule has 0 unspecified atom stereocenters. The fourth-order valence-electron chi connectivity index (χ4n) is 4.83. The first-order valence-corrected chi connectivity index (χ1v) is 11.5. The van der Waals surface area contributed by atoms with Gasteiger partial charge in [0.2, 0.25) is 5.91 Å². The van der Waals surface area contributed by atoms with E-state index >= 15 is 0 Å². The number of benzene rings is 1. The number of hydrogen-bond donors (Lipinski definition) is 2. The number of aromatic nitrogens is 1. The largest absolute Gasteiger partial charge is 0.355 e. The van der Waals surface area contributed by atoms with E-state index in [9.17, 15) is 9.59 Å². The normalized spacial score (nSPS) is 16.7. The molecule has 1 aliphatic heterocycles. The monoisotopic (exact) mass is 410 g/mol. The SMILES string of the molecule is CC(=O)NCCNCc1cc2cc3c(cc2n(CCN2CCCCC2)c1=O)CCC3. The summed E-state index contributed by atoms with van der Waals surface area (Å²) in [6, 6.07) is 6.64. The van der Waals surface area contributed by atoms with Crippen LogP contribution in [-0.2, 0) is 30.7 Å². The van der Waals surface area contributed by atoms with Crippen molar-refractivity contribution < 1.29 is 4.79 Å². The lowest BCUT2D eigenvalue weighted by molar-refractivity contribution is -0.118. The summed E-state index contributed by atoms with van der Waals surface area (Å²) >= 11 is 0. The van der Waals surface area contributed by atoms with Crippen LogP contribution in [0.2, 0.25) is 0 Å². The van der Waals surface area contributed by atoms with Gasteiger partial charge in [0, 0.05) is 45.2 Å². The molecule has 2 heterocycles. The van der Waals surface area contributed by atoms with Gasteiger partial charge >= 0.3 is 0 Å². The molecule has 6 nitrogen and oxygen atoms in total. The van der Waals surface area contributed by atoms with Crippen LogP contribution in [0.15, 0.2) is 23.0 Å². The van der Waals surface area contributed by atoms with Crippen molar-refractivity contribution in [3.8, 4) is 0 Å². The van der Waals surface area contributed by atoms with Crippen molar-refractivity contribution in [2.75, 3.05) is 32.7 Å². The smallest absolute Gasteiger partial charge is 0.255 e. The predicted octanol–water partition coefficient (Wildman–Crippen LogP) is 2.20. The topological polar surface area (TPSA) is 66.4 Å². The van der Waals surface area contributed by atoms with Gasteiger partial charge in [0.25, 0.3) is 5.56 Å². The van der Waals surface area contributed by atoms with E-state index in [0.717, 1.165) is 50.1 Å². The van der Waals surface area contributed by atoms with E-state index in [1.807, 2.05) is 4.57 Å². The second kappa shape index (κ2) is 9.75. The van der Waals surface area contributed by atoms with Gasteiger partial charge in [-0.05, 0) is 79.9 Å². The maximum absolute atomic E-state index is 13.4. The van der Waals surface area contributed by atoms with Crippen molar-refractivity contribution in [2.24, 2.45) is 0 Å². The van der Waals surface area contributed by atoms with Gasteiger partial charge in [-0.2, -0.15) is 0 Å². The number of rotatable bonds is 8. The lowest BCUT2D eigenvalue weighted by Gasteiger charge is -2.27. The van der Waals surface area contributed by atoms with E-state index in [1.165, 1.54) is 49.1 Å². The van der Waals surface area contributed by atoms with Gasteiger partial charge in [-0.1, -0.05) is 6.42 Å². The number of nitrogens with one attached hydrogen (secondary N) is 2. The lowest BCUT2D eigenvalue weighted by Crippen LogP contribution is -2.36. The third-order valence-corrected chi connectivity index (χ3v) is 6.46. The van der Waals surface area contributed by atoms with Gasteiger partial charge in [-0.15, -0.1) is 0 Å². The molecule has 6 heteroatoms. The molecular weight excluding hydrogens is 376 g/mol. The summed E-state index contributed by atoms with van der Waals surface area (Å²) < 4.78 is 2.01. The first-order valence-electron chi connectivity index (χ1n) is 11.5. The maximum atomic E-state index is 13.4. The fourth-order valence-corrected chi connectivity index (χ4v) is 4.83. The van der Waals surface area contributed by atoms with Crippen molar-refractivity contribution in [2.45, 2.75) is 58.5 Å². The summed E-state index contributed by atoms with van der Waals surface area (Å²) in [6.07, 6.45) is 7.33. The van der Waals surface area contributed by atoms with Crippen LogP contribution in [0.3, 0.4) is 0 Å². The van der Waals surface area contributed by atoms with Crippen LogP contribution in [0, 0.1) is 0 Å². The molecule has 1 saturated heterocycles. The number of aryl methyl sites for hydroxylation is 2. The second-order valence-electron chi connectivity index (χ2n) is 8.72. The number of pyridine rings is 1. The second-order valence-corrected chi connectivity index (χ2v) is 8.72. The summed E-state index contributed by atoms with van der Waals surface area (Å²) in [5, 5.41) is 7.26. The number of likely N-dealkylation sites (tertiary alicyclic amines) is 1.